The number of carbonyl (C=O) groups excluding carboxylic acids is 1. The zero-order valence-corrected chi connectivity index (χ0v) is 14.0. The number of rotatable bonds is 5. The van der Waals surface area contributed by atoms with Gasteiger partial charge in [-0.1, -0.05) is 29.3 Å². The molecule has 0 bridgehead atoms. The van der Waals surface area contributed by atoms with Crippen LogP contribution in [0.5, 0.6) is 5.75 Å². The number of carboxylic acids is 1. The lowest BCUT2D eigenvalue weighted by molar-refractivity contribution is -0.151. The normalized spacial score (nSPS) is 19.3. The van der Waals surface area contributed by atoms with Gasteiger partial charge < -0.3 is 19.5 Å². The molecular formula is C15H17Cl2NO5. The van der Waals surface area contributed by atoms with Crippen LogP contribution < -0.4 is 4.74 Å². The monoisotopic (exact) mass is 361 g/mol. The van der Waals surface area contributed by atoms with Gasteiger partial charge in [-0.15, -0.1) is 0 Å². The third-order valence-corrected chi connectivity index (χ3v) is 4.22. The van der Waals surface area contributed by atoms with Crippen molar-refractivity contribution in [1.29, 1.82) is 0 Å². The van der Waals surface area contributed by atoms with Gasteiger partial charge in [0.1, 0.15) is 10.8 Å². The van der Waals surface area contributed by atoms with Gasteiger partial charge in [-0.2, -0.15) is 0 Å². The predicted octanol–water partition coefficient (Wildman–Crippen LogP) is 2.46. The third-order valence-electron chi connectivity index (χ3n) is 3.42. The molecule has 6 nitrogen and oxygen atoms in total. The molecule has 0 saturated carbocycles. The van der Waals surface area contributed by atoms with Crippen LogP contribution in [0, 0.1) is 0 Å². The molecule has 2 atom stereocenters. The summed E-state index contributed by atoms with van der Waals surface area (Å²) in [6.45, 7) is 2.53. The molecule has 1 fully saturated rings. The maximum Gasteiger partial charge on any atom is 0.306 e. The van der Waals surface area contributed by atoms with Crippen molar-refractivity contribution in [3.63, 3.8) is 0 Å². The number of carbonyl (C=O) groups is 2. The largest absolute Gasteiger partial charge is 0.481 e. The standard InChI is InChI=1S/C15H17Cl2NO5/c1-9(23-12-4-2-3-11(16)14(12)17)15(21)18-5-6-22-10(8-18)7-13(19)20/h2-4,9-10H,5-8H2,1H3,(H,19,20)/t9-,10+/m0/s1. The summed E-state index contributed by atoms with van der Waals surface area (Å²) in [5, 5.41) is 9.41. The van der Waals surface area contributed by atoms with E-state index in [1.165, 1.54) is 0 Å². The molecule has 0 spiro atoms. The zero-order chi connectivity index (χ0) is 17.0. The van der Waals surface area contributed by atoms with E-state index in [9.17, 15) is 9.59 Å². The molecule has 2 rings (SSSR count). The topological polar surface area (TPSA) is 76.1 Å². The molecule has 1 heterocycles. The molecule has 126 valence electrons. The number of amides is 1. The SMILES string of the molecule is C[C@H](Oc1cccc(Cl)c1Cl)C(=O)N1CCO[C@H](CC(=O)O)C1. The van der Waals surface area contributed by atoms with E-state index in [1.807, 2.05) is 0 Å². The first-order chi connectivity index (χ1) is 10.9. The molecule has 1 aromatic carbocycles. The first-order valence-electron chi connectivity index (χ1n) is 7.11. The second kappa shape index (κ2) is 7.86. The van der Waals surface area contributed by atoms with E-state index in [-0.39, 0.29) is 23.9 Å². The van der Waals surface area contributed by atoms with Crippen LogP contribution in [0.2, 0.25) is 10.0 Å². The fourth-order valence-electron chi connectivity index (χ4n) is 2.31. The first kappa shape index (κ1) is 17.8. The molecule has 1 amide bonds. The van der Waals surface area contributed by atoms with E-state index in [0.29, 0.717) is 23.9 Å². The summed E-state index contributed by atoms with van der Waals surface area (Å²) in [4.78, 5) is 24.7. The highest BCUT2D eigenvalue weighted by atomic mass is 35.5. The van der Waals surface area contributed by atoms with Crippen LogP contribution in [-0.2, 0) is 14.3 Å². The van der Waals surface area contributed by atoms with Crippen molar-refractivity contribution in [2.45, 2.75) is 25.6 Å². The number of nitrogens with zero attached hydrogens (tertiary/aromatic N) is 1. The Labute approximate surface area is 143 Å². The summed E-state index contributed by atoms with van der Waals surface area (Å²) in [5.74, 6) is -0.880. The summed E-state index contributed by atoms with van der Waals surface area (Å²) in [5.41, 5.74) is 0. The van der Waals surface area contributed by atoms with Crippen LogP contribution in [0.25, 0.3) is 0 Å². The third kappa shape index (κ3) is 4.73. The Morgan fingerprint density at radius 1 is 1.48 bits per heavy atom. The second-order valence-electron chi connectivity index (χ2n) is 5.19. The number of carboxylic acid groups (broad SMARTS) is 1. The molecule has 1 aromatic rings. The van der Waals surface area contributed by atoms with Gasteiger partial charge in [0.2, 0.25) is 0 Å². The van der Waals surface area contributed by atoms with Crippen LogP contribution >= 0.6 is 23.2 Å². The van der Waals surface area contributed by atoms with Gasteiger partial charge >= 0.3 is 5.97 Å². The number of aliphatic carboxylic acids is 1. The van der Waals surface area contributed by atoms with E-state index in [0.717, 1.165) is 0 Å². The lowest BCUT2D eigenvalue weighted by Gasteiger charge is -2.33. The maximum atomic E-state index is 12.5. The molecule has 0 aromatic heterocycles. The van der Waals surface area contributed by atoms with Crippen molar-refractivity contribution in [3.8, 4) is 5.75 Å². The number of hydrogen-bond donors (Lipinski definition) is 1. The Bertz CT molecular complexity index is 595. The van der Waals surface area contributed by atoms with E-state index in [2.05, 4.69) is 0 Å². The summed E-state index contributed by atoms with van der Waals surface area (Å²) >= 11 is 12.0. The highest BCUT2D eigenvalue weighted by Gasteiger charge is 2.29. The van der Waals surface area contributed by atoms with Crippen molar-refractivity contribution < 1.29 is 24.2 Å². The molecule has 0 unspecified atom stereocenters. The van der Waals surface area contributed by atoms with Crippen molar-refractivity contribution in [3.05, 3.63) is 28.2 Å². The van der Waals surface area contributed by atoms with Crippen molar-refractivity contribution >= 4 is 35.1 Å². The average Bonchev–Trinajstić information content (AvgIpc) is 2.50. The van der Waals surface area contributed by atoms with Crippen molar-refractivity contribution in [2.24, 2.45) is 0 Å². The van der Waals surface area contributed by atoms with Crippen LogP contribution in [0.15, 0.2) is 18.2 Å². The molecule has 0 radical (unpaired) electrons. The Balaban J connectivity index is 1.98. The van der Waals surface area contributed by atoms with Gasteiger partial charge in [-0.05, 0) is 19.1 Å². The molecule has 1 aliphatic heterocycles. The van der Waals surface area contributed by atoms with Gasteiger partial charge in [0.15, 0.2) is 6.10 Å². The molecule has 8 heteroatoms. The van der Waals surface area contributed by atoms with Crippen molar-refractivity contribution in [1.82, 2.24) is 4.90 Å². The summed E-state index contributed by atoms with van der Waals surface area (Å²) < 4.78 is 10.9. The molecule has 0 aliphatic carbocycles. The molecule has 1 N–H and O–H groups in total. The summed E-state index contributed by atoms with van der Waals surface area (Å²) in [7, 11) is 0. The number of ether oxygens (including phenoxy) is 2. The second-order valence-corrected chi connectivity index (χ2v) is 5.97. The van der Waals surface area contributed by atoms with E-state index >= 15 is 0 Å². The zero-order valence-electron chi connectivity index (χ0n) is 12.5. The fourth-order valence-corrected chi connectivity index (χ4v) is 2.65. The maximum absolute atomic E-state index is 12.5. The highest BCUT2D eigenvalue weighted by molar-refractivity contribution is 6.42. The van der Waals surface area contributed by atoms with Crippen LogP contribution in [0.3, 0.4) is 0 Å². The minimum atomic E-state index is -0.959. The summed E-state index contributed by atoms with van der Waals surface area (Å²) in [6, 6.07) is 4.94. The van der Waals surface area contributed by atoms with E-state index in [1.54, 1.807) is 30.0 Å². The van der Waals surface area contributed by atoms with E-state index in [4.69, 9.17) is 37.8 Å². The van der Waals surface area contributed by atoms with Gasteiger partial charge in [0.05, 0.1) is 24.2 Å². The number of halogens is 2. The molecular weight excluding hydrogens is 345 g/mol. The number of hydrogen-bond acceptors (Lipinski definition) is 4. The first-order valence-corrected chi connectivity index (χ1v) is 7.87. The molecule has 23 heavy (non-hydrogen) atoms. The predicted molar refractivity (Wildman–Crippen MR) is 85.1 cm³/mol. The molecule has 1 aliphatic rings. The minimum Gasteiger partial charge on any atom is -0.481 e. The quantitative estimate of drug-likeness (QED) is 0.871. The Morgan fingerprint density at radius 3 is 2.91 bits per heavy atom. The fraction of sp³-hybridized carbons (Fsp3) is 0.467. The molecule has 1 saturated heterocycles. The smallest absolute Gasteiger partial charge is 0.306 e. The number of benzene rings is 1. The Hall–Kier alpha value is -1.50. The van der Waals surface area contributed by atoms with Gasteiger partial charge in [-0.3, -0.25) is 9.59 Å². The van der Waals surface area contributed by atoms with Gasteiger partial charge in [0.25, 0.3) is 5.91 Å². The lowest BCUT2D eigenvalue weighted by Crippen LogP contribution is -2.50. The van der Waals surface area contributed by atoms with Crippen LogP contribution in [-0.4, -0.2) is 53.8 Å². The van der Waals surface area contributed by atoms with Gasteiger partial charge in [-0.25, -0.2) is 0 Å². The summed E-state index contributed by atoms with van der Waals surface area (Å²) in [6.07, 6.45) is -1.42. The van der Waals surface area contributed by atoms with E-state index < -0.39 is 18.2 Å². The van der Waals surface area contributed by atoms with Crippen molar-refractivity contribution in [2.75, 3.05) is 19.7 Å². The van der Waals surface area contributed by atoms with Crippen LogP contribution in [0.4, 0.5) is 0 Å². The van der Waals surface area contributed by atoms with Gasteiger partial charge in [0, 0.05) is 13.1 Å². The number of morpholine rings is 1. The lowest BCUT2D eigenvalue weighted by atomic mass is 10.2. The van der Waals surface area contributed by atoms with Crippen LogP contribution in [0.1, 0.15) is 13.3 Å². The average molecular weight is 362 g/mol. The Morgan fingerprint density at radius 2 is 2.22 bits per heavy atom. The Kier molecular flexibility index (Phi) is 6.10. The highest BCUT2D eigenvalue weighted by Crippen LogP contribution is 2.32. The minimum absolute atomic E-state index is 0.140.